The molecule has 0 bridgehead atoms. The highest BCUT2D eigenvalue weighted by atomic mass is 79.9. The summed E-state index contributed by atoms with van der Waals surface area (Å²) in [4.78, 5) is 11.6. The Kier molecular flexibility index (Phi) is 10.7. The van der Waals surface area contributed by atoms with Gasteiger partial charge in [0.15, 0.2) is 9.84 Å². The minimum Gasteiger partial charge on any atom is -0.354 e. The molecule has 1 aromatic carbocycles. The summed E-state index contributed by atoms with van der Waals surface area (Å²) in [5.74, 6) is -1.05. The van der Waals surface area contributed by atoms with Gasteiger partial charge in [0.1, 0.15) is 5.75 Å². The van der Waals surface area contributed by atoms with Gasteiger partial charge in [-0.3, -0.25) is 4.79 Å². The Morgan fingerprint density at radius 3 is 2.36 bits per heavy atom. The number of halogens is 2. The van der Waals surface area contributed by atoms with Gasteiger partial charge in [0.25, 0.3) is 0 Å². The maximum atomic E-state index is 11.9. The van der Waals surface area contributed by atoms with Crippen LogP contribution < -0.4 is 10.6 Å². The van der Waals surface area contributed by atoms with Gasteiger partial charge in [0.2, 0.25) is 5.91 Å². The average Bonchev–Trinajstić information content (AvgIpc) is 2.40. The zero-order chi connectivity index (χ0) is 15.7. The van der Waals surface area contributed by atoms with Crippen LogP contribution in [0.1, 0.15) is 18.9 Å². The summed E-state index contributed by atoms with van der Waals surface area (Å²) in [5.41, 5.74) is 0.676. The zero-order valence-electron chi connectivity index (χ0n) is 12.5. The van der Waals surface area contributed by atoms with E-state index in [0.717, 1.165) is 17.4 Å². The van der Waals surface area contributed by atoms with Crippen molar-refractivity contribution in [2.24, 2.45) is 0 Å². The number of nitrogens with one attached hydrogen (secondary N) is 2. The van der Waals surface area contributed by atoms with Crippen LogP contribution in [0.15, 0.2) is 28.7 Å². The van der Waals surface area contributed by atoms with E-state index < -0.39 is 21.5 Å². The predicted octanol–water partition coefficient (Wildman–Crippen LogP) is 1.90. The van der Waals surface area contributed by atoms with Crippen molar-refractivity contribution in [1.82, 2.24) is 10.6 Å². The van der Waals surface area contributed by atoms with Crippen molar-refractivity contribution in [3.05, 3.63) is 34.3 Å². The van der Waals surface area contributed by atoms with Crippen LogP contribution in [0.4, 0.5) is 0 Å². The minimum absolute atomic E-state index is 0. The number of carbonyl (C=O) groups excluding carboxylic acids is 1. The highest BCUT2D eigenvalue weighted by molar-refractivity contribution is 9.10. The number of hydrogen-bond donors (Lipinski definition) is 2. The third-order valence-corrected chi connectivity index (χ3v) is 4.71. The Morgan fingerprint density at radius 1 is 1.14 bits per heavy atom. The molecule has 0 saturated heterocycles. The number of sulfone groups is 1. The van der Waals surface area contributed by atoms with E-state index in [0.29, 0.717) is 18.7 Å². The molecule has 0 radical (unpaired) electrons. The number of hydrogen-bond acceptors (Lipinski definition) is 4. The second-order valence-corrected chi connectivity index (χ2v) is 7.74. The third kappa shape index (κ3) is 9.40. The first-order valence-electron chi connectivity index (χ1n) is 6.85. The van der Waals surface area contributed by atoms with Crippen LogP contribution in [0.25, 0.3) is 0 Å². The van der Waals surface area contributed by atoms with Crippen molar-refractivity contribution < 1.29 is 13.2 Å². The molecule has 126 valence electrons. The molecule has 0 aliphatic rings. The van der Waals surface area contributed by atoms with Gasteiger partial charge in [-0.05, 0) is 30.7 Å². The van der Waals surface area contributed by atoms with Gasteiger partial charge in [0, 0.05) is 17.6 Å². The summed E-state index contributed by atoms with van der Waals surface area (Å²) >= 11 is 3.29. The Bertz CT molecular complexity index is 550. The number of rotatable bonds is 9. The van der Waals surface area contributed by atoms with Crippen LogP contribution in [0.5, 0.6) is 0 Å². The van der Waals surface area contributed by atoms with Crippen molar-refractivity contribution in [2.75, 3.05) is 25.4 Å². The van der Waals surface area contributed by atoms with E-state index in [2.05, 4.69) is 33.5 Å². The number of carbonyl (C=O) groups is 1. The predicted molar refractivity (Wildman–Crippen MR) is 95.1 cm³/mol. The molecule has 0 heterocycles. The smallest absolute Gasteiger partial charge is 0.235 e. The fourth-order valence-electron chi connectivity index (χ4n) is 1.73. The van der Waals surface area contributed by atoms with Gasteiger partial charge in [-0.2, -0.15) is 0 Å². The Labute approximate surface area is 146 Å². The first-order valence-corrected chi connectivity index (χ1v) is 9.46. The molecule has 0 aromatic heterocycles. The van der Waals surface area contributed by atoms with Gasteiger partial charge in [-0.1, -0.05) is 35.0 Å². The van der Waals surface area contributed by atoms with Crippen molar-refractivity contribution in [3.8, 4) is 0 Å². The first kappa shape index (κ1) is 21.4. The normalized spacial score (nSPS) is 10.8. The Balaban J connectivity index is 0.00000441. The Morgan fingerprint density at radius 2 is 1.77 bits per heavy atom. The van der Waals surface area contributed by atoms with E-state index in [1.165, 1.54) is 0 Å². The van der Waals surface area contributed by atoms with Crippen LogP contribution in [-0.2, 0) is 20.4 Å². The highest BCUT2D eigenvalue weighted by Crippen LogP contribution is 2.13. The van der Waals surface area contributed by atoms with E-state index in [4.69, 9.17) is 0 Å². The van der Waals surface area contributed by atoms with Gasteiger partial charge in [-0.15, -0.1) is 12.4 Å². The van der Waals surface area contributed by atoms with Crippen molar-refractivity contribution in [3.63, 3.8) is 0 Å². The lowest BCUT2D eigenvalue weighted by molar-refractivity contribution is -0.118. The topological polar surface area (TPSA) is 75.3 Å². The summed E-state index contributed by atoms with van der Waals surface area (Å²) in [6.45, 7) is 4.02. The SMILES string of the molecule is CCCNCCNC(=O)CS(=O)(=O)Cc1ccc(Br)cc1.Cl. The fraction of sp³-hybridized carbons (Fsp3) is 0.500. The van der Waals surface area contributed by atoms with E-state index in [9.17, 15) is 13.2 Å². The van der Waals surface area contributed by atoms with Crippen LogP contribution in [0.3, 0.4) is 0 Å². The van der Waals surface area contributed by atoms with Gasteiger partial charge >= 0.3 is 0 Å². The van der Waals surface area contributed by atoms with E-state index in [1.807, 2.05) is 0 Å². The molecule has 0 spiro atoms. The largest absolute Gasteiger partial charge is 0.354 e. The Hall–Kier alpha value is -0.630. The van der Waals surface area contributed by atoms with Crippen LogP contribution in [0, 0.1) is 0 Å². The fourth-order valence-corrected chi connectivity index (χ4v) is 3.30. The molecule has 22 heavy (non-hydrogen) atoms. The molecule has 8 heteroatoms. The molecule has 0 aliphatic heterocycles. The standard InChI is InChI=1S/C14H21BrN2O3S.ClH/c1-2-7-16-8-9-17-14(18)11-21(19,20)10-12-3-5-13(15)6-4-12;/h3-6,16H,2,7-11H2,1H3,(H,17,18);1H. The van der Waals surface area contributed by atoms with Crippen molar-refractivity contribution in [2.45, 2.75) is 19.1 Å². The summed E-state index contributed by atoms with van der Waals surface area (Å²) < 4.78 is 24.8. The number of benzene rings is 1. The minimum atomic E-state index is -3.44. The zero-order valence-corrected chi connectivity index (χ0v) is 15.7. The molecule has 1 amide bonds. The second kappa shape index (κ2) is 11.0. The highest BCUT2D eigenvalue weighted by Gasteiger charge is 2.17. The number of amides is 1. The van der Waals surface area contributed by atoms with E-state index in [-0.39, 0.29) is 18.2 Å². The summed E-state index contributed by atoms with van der Waals surface area (Å²) in [6, 6.07) is 7.02. The molecule has 2 N–H and O–H groups in total. The maximum Gasteiger partial charge on any atom is 0.235 e. The molecule has 0 atom stereocenters. The monoisotopic (exact) mass is 412 g/mol. The molecule has 1 rings (SSSR count). The second-order valence-electron chi connectivity index (χ2n) is 4.76. The van der Waals surface area contributed by atoms with Crippen molar-refractivity contribution in [1.29, 1.82) is 0 Å². The molecular weight excluding hydrogens is 392 g/mol. The maximum absolute atomic E-state index is 11.9. The summed E-state index contributed by atoms with van der Waals surface area (Å²) in [6.07, 6.45) is 1.02. The lowest BCUT2D eigenvalue weighted by Crippen LogP contribution is -2.35. The van der Waals surface area contributed by atoms with Crippen LogP contribution >= 0.6 is 28.3 Å². The lowest BCUT2D eigenvalue weighted by Gasteiger charge is -2.07. The first-order chi connectivity index (χ1) is 9.93. The molecule has 1 aromatic rings. The van der Waals surface area contributed by atoms with Crippen LogP contribution in [0.2, 0.25) is 0 Å². The molecule has 0 saturated carbocycles. The van der Waals surface area contributed by atoms with Crippen LogP contribution in [-0.4, -0.2) is 39.7 Å². The van der Waals surface area contributed by atoms with E-state index >= 15 is 0 Å². The molecule has 0 unspecified atom stereocenters. The average molecular weight is 414 g/mol. The molecule has 0 fully saturated rings. The lowest BCUT2D eigenvalue weighted by atomic mass is 10.2. The van der Waals surface area contributed by atoms with E-state index in [1.54, 1.807) is 24.3 Å². The molecule has 5 nitrogen and oxygen atoms in total. The third-order valence-electron chi connectivity index (χ3n) is 2.70. The molecular formula is C14H22BrClN2O3S. The van der Waals surface area contributed by atoms with Gasteiger partial charge < -0.3 is 10.6 Å². The summed E-state index contributed by atoms with van der Waals surface area (Å²) in [5, 5.41) is 5.73. The van der Waals surface area contributed by atoms with Gasteiger partial charge in [0.05, 0.1) is 5.75 Å². The van der Waals surface area contributed by atoms with Crippen molar-refractivity contribution >= 4 is 44.1 Å². The quantitative estimate of drug-likeness (QED) is 0.606. The van der Waals surface area contributed by atoms with Gasteiger partial charge in [-0.25, -0.2) is 8.42 Å². The molecule has 0 aliphatic carbocycles. The summed E-state index contributed by atoms with van der Waals surface area (Å²) in [7, 11) is -3.44.